The molecule has 0 fully saturated rings. The molecular weight excluding hydrogens is 208 g/mol. The Kier molecular flexibility index (Phi) is 4.92. The number of carbonyl (C=O) groups excluding carboxylic acids is 1. The van der Waals surface area contributed by atoms with E-state index in [1.807, 2.05) is 13.8 Å². The van der Waals surface area contributed by atoms with Crippen molar-refractivity contribution in [2.24, 2.45) is 11.8 Å². The quantitative estimate of drug-likeness (QED) is 0.743. The van der Waals surface area contributed by atoms with Gasteiger partial charge in [-0.2, -0.15) is 0 Å². The summed E-state index contributed by atoms with van der Waals surface area (Å²) in [7, 11) is 0. The third kappa shape index (κ3) is 3.99. The lowest BCUT2D eigenvalue weighted by Gasteiger charge is -2.16. The van der Waals surface area contributed by atoms with Crippen molar-refractivity contribution in [3.63, 3.8) is 0 Å². The minimum Gasteiger partial charge on any atom is -0.299 e. The van der Waals surface area contributed by atoms with Crippen LogP contribution in [0.2, 0.25) is 0 Å². The van der Waals surface area contributed by atoms with E-state index in [0.29, 0.717) is 24.0 Å². The van der Waals surface area contributed by atoms with Crippen LogP contribution in [0, 0.1) is 11.8 Å². The average molecular weight is 232 g/mol. The van der Waals surface area contributed by atoms with Crippen molar-refractivity contribution in [3.8, 4) is 0 Å². The van der Waals surface area contributed by atoms with Crippen LogP contribution in [-0.4, -0.2) is 5.78 Å². The molecule has 1 aromatic carbocycles. The normalized spacial score (nSPS) is 13.1. The Morgan fingerprint density at radius 1 is 1.00 bits per heavy atom. The lowest BCUT2D eigenvalue weighted by Crippen LogP contribution is -2.10. The predicted octanol–water partition coefficient (Wildman–Crippen LogP) is 4.21. The molecule has 0 radical (unpaired) electrons. The summed E-state index contributed by atoms with van der Waals surface area (Å²) >= 11 is 0. The Bertz CT molecular complexity index is 360. The minimum atomic E-state index is 0.129. The fourth-order valence-corrected chi connectivity index (χ4v) is 1.73. The van der Waals surface area contributed by atoms with E-state index in [2.05, 4.69) is 45.0 Å². The molecule has 0 saturated heterocycles. The van der Waals surface area contributed by atoms with E-state index in [0.717, 1.165) is 5.56 Å². The maximum atomic E-state index is 11.6. The first kappa shape index (κ1) is 14.0. The van der Waals surface area contributed by atoms with Crippen molar-refractivity contribution in [2.45, 2.75) is 47.0 Å². The van der Waals surface area contributed by atoms with Gasteiger partial charge in [0.1, 0.15) is 5.78 Å². The Morgan fingerprint density at radius 3 is 1.94 bits per heavy atom. The van der Waals surface area contributed by atoms with Gasteiger partial charge in [0.05, 0.1) is 0 Å². The van der Waals surface area contributed by atoms with E-state index < -0.39 is 0 Å². The van der Waals surface area contributed by atoms with Gasteiger partial charge in [-0.05, 0) is 23.0 Å². The largest absolute Gasteiger partial charge is 0.299 e. The van der Waals surface area contributed by atoms with Crippen LogP contribution in [-0.2, 0) is 11.2 Å². The minimum absolute atomic E-state index is 0.129. The van der Waals surface area contributed by atoms with Gasteiger partial charge in [-0.1, -0.05) is 58.9 Å². The zero-order valence-corrected chi connectivity index (χ0v) is 11.7. The topological polar surface area (TPSA) is 17.1 Å². The van der Waals surface area contributed by atoms with Crippen LogP contribution in [0.1, 0.15) is 51.7 Å². The number of rotatable bonds is 5. The van der Waals surface area contributed by atoms with E-state index in [-0.39, 0.29) is 5.92 Å². The molecule has 94 valence electrons. The smallest absolute Gasteiger partial charge is 0.139 e. The Morgan fingerprint density at radius 2 is 1.53 bits per heavy atom. The molecule has 0 aliphatic heterocycles. The Labute approximate surface area is 105 Å². The van der Waals surface area contributed by atoms with Gasteiger partial charge in [0.15, 0.2) is 0 Å². The fraction of sp³-hybridized carbons (Fsp3) is 0.562. The summed E-state index contributed by atoms with van der Waals surface area (Å²) in [6, 6.07) is 8.50. The summed E-state index contributed by atoms with van der Waals surface area (Å²) in [6.07, 6.45) is 0.563. The summed E-state index contributed by atoms with van der Waals surface area (Å²) in [6.45, 7) is 10.6. The maximum absolute atomic E-state index is 11.6. The van der Waals surface area contributed by atoms with Crippen LogP contribution < -0.4 is 0 Å². The second-order valence-electron chi connectivity index (χ2n) is 5.57. The van der Waals surface area contributed by atoms with E-state index >= 15 is 0 Å². The second-order valence-corrected chi connectivity index (χ2v) is 5.57. The van der Waals surface area contributed by atoms with Crippen molar-refractivity contribution < 1.29 is 4.79 Å². The lowest BCUT2D eigenvalue weighted by molar-refractivity contribution is -0.121. The van der Waals surface area contributed by atoms with Gasteiger partial charge in [0.2, 0.25) is 0 Å². The molecule has 1 atom stereocenters. The summed E-state index contributed by atoms with van der Waals surface area (Å²) < 4.78 is 0. The van der Waals surface area contributed by atoms with Crippen molar-refractivity contribution in [1.29, 1.82) is 0 Å². The van der Waals surface area contributed by atoms with Crippen molar-refractivity contribution in [3.05, 3.63) is 35.4 Å². The van der Waals surface area contributed by atoms with E-state index in [1.54, 1.807) is 0 Å². The zero-order chi connectivity index (χ0) is 13.0. The zero-order valence-electron chi connectivity index (χ0n) is 11.7. The number of carbonyl (C=O) groups is 1. The molecule has 17 heavy (non-hydrogen) atoms. The van der Waals surface area contributed by atoms with Crippen LogP contribution in [0.15, 0.2) is 24.3 Å². The average Bonchev–Trinajstić information content (AvgIpc) is 2.28. The van der Waals surface area contributed by atoms with Gasteiger partial charge in [-0.15, -0.1) is 0 Å². The molecule has 1 rings (SSSR count). The molecular formula is C16H24O. The first-order valence-corrected chi connectivity index (χ1v) is 6.53. The molecule has 1 aromatic rings. The van der Waals surface area contributed by atoms with E-state index in [1.165, 1.54) is 5.56 Å². The summed E-state index contributed by atoms with van der Waals surface area (Å²) in [5, 5.41) is 0. The molecule has 0 spiro atoms. The van der Waals surface area contributed by atoms with E-state index in [9.17, 15) is 4.79 Å². The standard InChI is InChI=1S/C16H24O/c1-11(2)13(5)15-8-6-14(7-9-15)10-16(17)12(3)4/h6-9,11-13H,10H2,1-5H3. The Balaban J connectivity index is 2.71. The lowest BCUT2D eigenvalue weighted by atomic mass is 9.89. The fourth-order valence-electron chi connectivity index (χ4n) is 1.73. The van der Waals surface area contributed by atoms with Crippen molar-refractivity contribution >= 4 is 5.78 Å². The molecule has 0 aromatic heterocycles. The monoisotopic (exact) mass is 232 g/mol. The second kappa shape index (κ2) is 6.00. The van der Waals surface area contributed by atoms with Crippen LogP contribution in [0.4, 0.5) is 0 Å². The van der Waals surface area contributed by atoms with Gasteiger partial charge < -0.3 is 0 Å². The SMILES string of the molecule is CC(C)C(=O)Cc1ccc(C(C)C(C)C)cc1. The van der Waals surface area contributed by atoms with Gasteiger partial charge in [0.25, 0.3) is 0 Å². The highest BCUT2D eigenvalue weighted by atomic mass is 16.1. The van der Waals surface area contributed by atoms with Gasteiger partial charge in [-0.3, -0.25) is 4.79 Å². The van der Waals surface area contributed by atoms with Crippen molar-refractivity contribution in [2.75, 3.05) is 0 Å². The first-order chi connectivity index (χ1) is 7.91. The summed E-state index contributed by atoms with van der Waals surface area (Å²) in [5.74, 6) is 1.67. The number of hydrogen-bond acceptors (Lipinski definition) is 1. The van der Waals surface area contributed by atoms with E-state index in [4.69, 9.17) is 0 Å². The molecule has 0 aliphatic rings. The molecule has 0 heterocycles. The Hall–Kier alpha value is -1.11. The molecule has 0 amide bonds. The maximum Gasteiger partial charge on any atom is 0.139 e. The number of hydrogen-bond donors (Lipinski definition) is 0. The molecule has 1 unspecified atom stereocenters. The highest BCUT2D eigenvalue weighted by Crippen LogP contribution is 2.23. The first-order valence-electron chi connectivity index (χ1n) is 6.53. The predicted molar refractivity (Wildman–Crippen MR) is 73.2 cm³/mol. The van der Waals surface area contributed by atoms with Crippen LogP contribution in [0.25, 0.3) is 0 Å². The van der Waals surface area contributed by atoms with Crippen LogP contribution in [0.5, 0.6) is 0 Å². The highest BCUT2D eigenvalue weighted by molar-refractivity contribution is 5.82. The number of ketones is 1. The van der Waals surface area contributed by atoms with Gasteiger partial charge in [-0.25, -0.2) is 0 Å². The molecule has 1 nitrogen and oxygen atoms in total. The molecule has 0 N–H and O–H groups in total. The number of benzene rings is 1. The highest BCUT2D eigenvalue weighted by Gasteiger charge is 2.11. The number of Topliss-reactive ketones (excluding diaryl/α,β-unsaturated/α-hetero) is 1. The molecule has 0 saturated carbocycles. The summed E-state index contributed by atoms with van der Waals surface area (Å²) in [5.41, 5.74) is 2.49. The van der Waals surface area contributed by atoms with Gasteiger partial charge in [0, 0.05) is 12.3 Å². The van der Waals surface area contributed by atoms with Crippen LogP contribution >= 0.6 is 0 Å². The molecule has 0 bridgehead atoms. The third-order valence-corrected chi connectivity index (χ3v) is 3.53. The summed E-state index contributed by atoms with van der Waals surface area (Å²) in [4.78, 5) is 11.6. The molecule has 1 heteroatoms. The van der Waals surface area contributed by atoms with Gasteiger partial charge >= 0.3 is 0 Å². The molecule has 0 aliphatic carbocycles. The van der Waals surface area contributed by atoms with Crippen LogP contribution in [0.3, 0.4) is 0 Å². The third-order valence-electron chi connectivity index (χ3n) is 3.53. The van der Waals surface area contributed by atoms with Crippen molar-refractivity contribution in [1.82, 2.24) is 0 Å².